The van der Waals surface area contributed by atoms with E-state index in [1.165, 1.54) is 5.56 Å². The van der Waals surface area contributed by atoms with Gasteiger partial charge in [-0.1, -0.05) is 20.8 Å². The van der Waals surface area contributed by atoms with E-state index in [0.29, 0.717) is 18.4 Å². The summed E-state index contributed by atoms with van der Waals surface area (Å²) >= 11 is 0. The van der Waals surface area contributed by atoms with Crippen molar-refractivity contribution in [3.05, 3.63) is 18.0 Å². The fourth-order valence-electron chi connectivity index (χ4n) is 1.72. The van der Waals surface area contributed by atoms with Crippen LogP contribution in [0.2, 0.25) is 0 Å². The van der Waals surface area contributed by atoms with Crippen LogP contribution in [0.15, 0.2) is 12.4 Å². The van der Waals surface area contributed by atoms with Crippen LogP contribution in [0, 0.1) is 5.92 Å². The molecular formula is C11H21N3. The summed E-state index contributed by atoms with van der Waals surface area (Å²) in [5, 5.41) is 4.32. The minimum Gasteiger partial charge on any atom is -0.330 e. The van der Waals surface area contributed by atoms with Gasteiger partial charge in [-0.3, -0.25) is 4.68 Å². The number of hydrogen-bond acceptors (Lipinski definition) is 2. The van der Waals surface area contributed by atoms with Crippen LogP contribution in [0.4, 0.5) is 0 Å². The van der Waals surface area contributed by atoms with Crippen LogP contribution in [-0.4, -0.2) is 16.3 Å². The molecule has 0 saturated carbocycles. The Bertz CT molecular complexity index is 265. The molecule has 0 spiro atoms. The van der Waals surface area contributed by atoms with Gasteiger partial charge in [0.2, 0.25) is 0 Å². The Morgan fingerprint density at radius 3 is 2.71 bits per heavy atom. The van der Waals surface area contributed by atoms with E-state index in [1.807, 2.05) is 10.9 Å². The molecule has 1 aromatic rings. The molecule has 3 heteroatoms. The lowest BCUT2D eigenvalue weighted by molar-refractivity contribution is 0.505. The van der Waals surface area contributed by atoms with Gasteiger partial charge in [-0.2, -0.15) is 5.10 Å². The Kier molecular flexibility index (Phi) is 4.14. The first-order chi connectivity index (χ1) is 6.69. The first-order valence-corrected chi connectivity index (χ1v) is 5.41. The van der Waals surface area contributed by atoms with Gasteiger partial charge in [-0.15, -0.1) is 0 Å². The SMILES string of the molecule is CCCn1cc(C(CN)C(C)C)cn1. The molecule has 0 radical (unpaired) electrons. The minimum absolute atomic E-state index is 0.445. The van der Waals surface area contributed by atoms with Gasteiger partial charge >= 0.3 is 0 Å². The zero-order valence-corrected chi connectivity index (χ0v) is 9.40. The van der Waals surface area contributed by atoms with Crippen LogP contribution in [-0.2, 0) is 6.54 Å². The number of aromatic nitrogens is 2. The zero-order valence-electron chi connectivity index (χ0n) is 9.40. The van der Waals surface area contributed by atoms with Crippen LogP contribution in [0.1, 0.15) is 38.7 Å². The number of nitrogens with zero attached hydrogens (tertiary/aromatic N) is 2. The van der Waals surface area contributed by atoms with Gasteiger partial charge in [0, 0.05) is 18.7 Å². The molecule has 0 bridgehead atoms. The Balaban J connectivity index is 2.73. The molecule has 0 aliphatic heterocycles. The van der Waals surface area contributed by atoms with E-state index in [9.17, 15) is 0 Å². The van der Waals surface area contributed by atoms with Gasteiger partial charge in [0.05, 0.1) is 6.20 Å². The average molecular weight is 195 g/mol. The van der Waals surface area contributed by atoms with Crippen LogP contribution in [0.5, 0.6) is 0 Å². The van der Waals surface area contributed by atoms with E-state index < -0.39 is 0 Å². The Hall–Kier alpha value is -0.830. The third-order valence-electron chi connectivity index (χ3n) is 2.59. The summed E-state index contributed by atoms with van der Waals surface area (Å²) in [6.07, 6.45) is 5.20. The molecule has 1 unspecified atom stereocenters. The first kappa shape index (κ1) is 11.2. The second kappa shape index (κ2) is 5.15. The summed E-state index contributed by atoms with van der Waals surface area (Å²) in [6, 6.07) is 0. The van der Waals surface area contributed by atoms with Crippen molar-refractivity contribution in [1.82, 2.24) is 9.78 Å². The lowest BCUT2D eigenvalue weighted by Gasteiger charge is -2.16. The monoisotopic (exact) mass is 195 g/mol. The molecule has 0 amide bonds. The molecule has 0 aromatic carbocycles. The molecule has 80 valence electrons. The molecule has 1 aromatic heterocycles. The van der Waals surface area contributed by atoms with Crippen molar-refractivity contribution in [2.24, 2.45) is 11.7 Å². The molecule has 3 nitrogen and oxygen atoms in total. The van der Waals surface area contributed by atoms with Crippen molar-refractivity contribution in [2.75, 3.05) is 6.54 Å². The average Bonchev–Trinajstić information content (AvgIpc) is 2.54. The third-order valence-corrected chi connectivity index (χ3v) is 2.59. The molecule has 0 aliphatic carbocycles. The Labute approximate surface area is 86.3 Å². The van der Waals surface area contributed by atoms with Crippen molar-refractivity contribution < 1.29 is 0 Å². The standard InChI is InChI=1S/C11H21N3/c1-4-5-14-8-10(7-13-14)11(6-12)9(2)3/h7-9,11H,4-6,12H2,1-3H3. The highest BCUT2D eigenvalue weighted by atomic mass is 15.3. The van der Waals surface area contributed by atoms with E-state index in [-0.39, 0.29) is 0 Å². The van der Waals surface area contributed by atoms with Gasteiger partial charge < -0.3 is 5.73 Å². The summed E-state index contributed by atoms with van der Waals surface area (Å²) in [5.41, 5.74) is 7.03. The fourth-order valence-corrected chi connectivity index (χ4v) is 1.72. The molecule has 0 aliphatic rings. The smallest absolute Gasteiger partial charge is 0.0525 e. The second-order valence-electron chi connectivity index (χ2n) is 4.12. The molecule has 0 saturated heterocycles. The molecule has 1 heterocycles. The first-order valence-electron chi connectivity index (χ1n) is 5.41. The van der Waals surface area contributed by atoms with Gasteiger partial charge in [0.25, 0.3) is 0 Å². The van der Waals surface area contributed by atoms with Crippen LogP contribution >= 0.6 is 0 Å². The number of rotatable bonds is 5. The van der Waals surface area contributed by atoms with Crippen molar-refractivity contribution in [3.63, 3.8) is 0 Å². The lowest BCUT2D eigenvalue weighted by atomic mass is 9.91. The van der Waals surface area contributed by atoms with Gasteiger partial charge in [0.15, 0.2) is 0 Å². The number of hydrogen-bond donors (Lipinski definition) is 1. The van der Waals surface area contributed by atoms with E-state index in [2.05, 4.69) is 32.1 Å². The van der Waals surface area contributed by atoms with Crippen molar-refractivity contribution in [3.8, 4) is 0 Å². The minimum atomic E-state index is 0.445. The van der Waals surface area contributed by atoms with Crippen molar-refractivity contribution in [1.29, 1.82) is 0 Å². The predicted molar refractivity (Wildman–Crippen MR) is 59.2 cm³/mol. The quantitative estimate of drug-likeness (QED) is 0.781. The Morgan fingerprint density at radius 2 is 2.21 bits per heavy atom. The molecule has 1 rings (SSSR count). The van der Waals surface area contributed by atoms with Gasteiger partial charge in [-0.05, 0) is 24.4 Å². The summed E-state index contributed by atoms with van der Waals surface area (Å²) < 4.78 is 2.00. The lowest BCUT2D eigenvalue weighted by Crippen LogP contribution is -2.17. The van der Waals surface area contributed by atoms with E-state index in [1.54, 1.807) is 0 Å². The number of aryl methyl sites for hydroxylation is 1. The van der Waals surface area contributed by atoms with E-state index in [0.717, 1.165) is 13.0 Å². The highest BCUT2D eigenvalue weighted by Crippen LogP contribution is 2.22. The summed E-state index contributed by atoms with van der Waals surface area (Å²) in [6.45, 7) is 8.26. The summed E-state index contributed by atoms with van der Waals surface area (Å²) in [4.78, 5) is 0. The molecule has 2 N–H and O–H groups in total. The van der Waals surface area contributed by atoms with Crippen LogP contribution in [0.25, 0.3) is 0 Å². The third kappa shape index (κ3) is 2.58. The normalized spacial score (nSPS) is 13.5. The van der Waals surface area contributed by atoms with E-state index >= 15 is 0 Å². The van der Waals surface area contributed by atoms with Crippen LogP contribution < -0.4 is 5.73 Å². The maximum Gasteiger partial charge on any atom is 0.0525 e. The van der Waals surface area contributed by atoms with E-state index in [4.69, 9.17) is 5.73 Å². The predicted octanol–water partition coefficient (Wildman–Crippen LogP) is 1.99. The maximum atomic E-state index is 5.75. The van der Waals surface area contributed by atoms with Crippen molar-refractivity contribution in [2.45, 2.75) is 39.7 Å². The number of nitrogens with two attached hydrogens (primary N) is 1. The molecular weight excluding hydrogens is 174 g/mol. The summed E-state index contributed by atoms with van der Waals surface area (Å²) in [5.74, 6) is 1.03. The zero-order chi connectivity index (χ0) is 10.6. The Morgan fingerprint density at radius 1 is 1.50 bits per heavy atom. The molecule has 1 atom stereocenters. The highest BCUT2D eigenvalue weighted by molar-refractivity contribution is 5.12. The van der Waals surface area contributed by atoms with Gasteiger partial charge in [0.1, 0.15) is 0 Å². The second-order valence-corrected chi connectivity index (χ2v) is 4.12. The fraction of sp³-hybridized carbons (Fsp3) is 0.727. The van der Waals surface area contributed by atoms with Gasteiger partial charge in [-0.25, -0.2) is 0 Å². The molecule has 0 fully saturated rings. The molecule has 14 heavy (non-hydrogen) atoms. The maximum absolute atomic E-state index is 5.75. The van der Waals surface area contributed by atoms with Crippen molar-refractivity contribution >= 4 is 0 Å². The topological polar surface area (TPSA) is 43.8 Å². The summed E-state index contributed by atoms with van der Waals surface area (Å²) in [7, 11) is 0. The largest absolute Gasteiger partial charge is 0.330 e. The highest BCUT2D eigenvalue weighted by Gasteiger charge is 2.15. The van der Waals surface area contributed by atoms with Crippen LogP contribution in [0.3, 0.4) is 0 Å².